The minimum atomic E-state index is -0.271. The lowest BCUT2D eigenvalue weighted by Gasteiger charge is -2.38. The fourth-order valence-electron chi connectivity index (χ4n) is 2.69. The van der Waals surface area contributed by atoms with E-state index in [0.29, 0.717) is 17.6 Å². The van der Waals surface area contributed by atoms with Gasteiger partial charge in [0.25, 0.3) is 0 Å². The highest BCUT2D eigenvalue weighted by molar-refractivity contribution is 6.30. The zero-order valence-electron chi connectivity index (χ0n) is 11.1. The van der Waals surface area contributed by atoms with E-state index in [1.165, 1.54) is 12.5 Å². The van der Waals surface area contributed by atoms with Crippen molar-refractivity contribution in [2.45, 2.75) is 32.4 Å². The molecule has 1 fully saturated rings. The Morgan fingerprint density at radius 3 is 2.79 bits per heavy atom. The normalized spacial score (nSPS) is 24.0. The van der Waals surface area contributed by atoms with Gasteiger partial charge in [0.15, 0.2) is 0 Å². The van der Waals surface area contributed by atoms with Gasteiger partial charge < -0.3 is 5.73 Å². The van der Waals surface area contributed by atoms with Crippen LogP contribution in [0.3, 0.4) is 0 Å². The Balaban J connectivity index is 0.00000180. The smallest absolute Gasteiger partial charge is 0.125 e. The molecule has 0 aromatic heterocycles. The molecule has 2 nitrogen and oxygen atoms in total. The summed E-state index contributed by atoms with van der Waals surface area (Å²) in [6, 6.07) is 5.12. The zero-order valence-corrected chi connectivity index (χ0v) is 12.7. The second kappa shape index (κ2) is 7.44. The van der Waals surface area contributed by atoms with Crippen molar-refractivity contribution >= 4 is 24.0 Å². The van der Waals surface area contributed by atoms with Crippen molar-refractivity contribution in [1.29, 1.82) is 0 Å². The average Bonchev–Trinajstić information content (AvgIpc) is 2.30. The topological polar surface area (TPSA) is 29.3 Å². The molecular formula is C14H21Cl2FN2. The van der Waals surface area contributed by atoms with Crippen LogP contribution >= 0.6 is 24.0 Å². The van der Waals surface area contributed by atoms with Crippen LogP contribution in [0.5, 0.6) is 0 Å². The number of nitrogens with two attached hydrogens (primary N) is 1. The van der Waals surface area contributed by atoms with Crippen molar-refractivity contribution < 1.29 is 4.39 Å². The number of benzene rings is 1. The summed E-state index contributed by atoms with van der Waals surface area (Å²) in [5, 5.41) is 0.458. The monoisotopic (exact) mass is 306 g/mol. The van der Waals surface area contributed by atoms with Crippen molar-refractivity contribution in [2.75, 3.05) is 13.1 Å². The summed E-state index contributed by atoms with van der Waals surface area (Å²) in [5.74, 6) is 0.457. The number of piperidine rings is 1. The fraction of sp³-hybridized carbons (Fsp3) is 0.571. The van der Waals surface area contributed by atoms with E-state index in [4.69, 9.17) is 17.3 Å². The maximum atomic E-state index is 13.3. The summed E-state index contributed by atoms with van der Waals surface area (Å²) in [4.78, 5) is 2.34. The second-order valence-electron chi connectivity index (χ2n) is 5.27. The molecule has 1 aliphatic rings. The van der Waals surface area contributed by atoms with Crippen LogP contribution < -0.4 is 5.73 Å². The molecule has 1 aromatic carbocycles. The van der Waals surface area contributed by atoms with E-state index >= 15 is 0 Å². The van der Waals surface area contributed by atoms with Gasteiger partial charge in [0, 0.05) is 24.2 Å². The fourth-order valence-corrected chi connectivity index (χ4v) is 2.93. The van der Waals surface area contributed by atoms with E-state index in [9.17, 15) is 4.39 Å². The van der Waals surface area contributed by atoms with Gasteiger partial charge in [-0.05, 0) is 49.1 Å². The van der Waals surface area contributed by atoms with Crippen molar-refractivity contribution in [1.82, 2.24) is 4.90 Å². The van der Waals surface area contributed by atoms with Crippen LogP contribution in [0.25, 0.3) is 0 Å². The van der Waals surface area contributed by atoms with Gasteiger partial charge in [-0.25, -0.2) is 4.39 Å². The lowest BCUT2D eigenvalue weighted by molar-refractivity contribution is 0.115. The Kier molecular flexibility index (Phi) is 6.54. The molecule has 5 heteroatoms. The first kappa shape index (κ1) is 16.7. The van der Waals surface area contributed by atoms with E-state index in [1.54, 1.807) is 6.07 Å². The van der Waals surface area contributed by atoms with Crippen LogP contribution in [0, 0.1) is 11.7 Å². The third-order valence-electron chi connectivity index (χ3n) is 3.68. The highest BCUT2D eigenvalue weighted by atomic mass is 35.5. The van der Waals surface area contributed by atoms with Gasteiger partial charge in [0.05, 0.1) is 0 Å². The van der Waals surface area contributed by atoms with Crippen LogP contribution in [-0.4, -0.2) is 24.0 Å². The molecule has 1 aliphatic heterocycles. The Bertz CT molecular complexity index is 394. The van der Waals surface area contributed by atoms with E-state index in [2.05, 4.69) is 11.8 Å². The van der Waals surface area contributed by atoms with Crippen molar-refractivity contribution in [3.8, 4) is 0 Å². The molecule has 19 heavy (non-hydrogen) atoms. The molecule has 1 aromatic rings. The zero-order chi connectivity index (χ0) is 13.1. The molecular weight excluding hydrogens is 286 g/mol. The second-order valence-corrected chi connectivity index (χ2v) is 5.70. The van der Waals surface area contributed by atoms with Crippen molar-refractivity contribution in [3.05, 3.63) is 34.6 Å². The molecule has 2 rings (SSSR count). The van der Waals surface area contributed by atoms with Gasteiger partial charge >= 0.3 is 0 Å². The van der Waals surface area contributed by atoms with Gasteiger partial charge in [-0.1, -0.05) is 18.5 Å². The Hall–Kier alpha value is -0.350. The van der Waals surface area contributed by atoms with Crippen LogP contribution in [-0.2, 0) is 6.54 Å². The Morgan fingerprint density at radius 1 is 1.42 bits per heavy atom. The summed E-state index contributed by atoms with van der Waals surface area (Å²) < 4.78 is 13.3. The summed E-state index contributed by atoms with van der Waals surface area (Å²) in [5.41, 5.74) is 6.75. The predicted molar refractivity (Wildman–Crippen MR) is 80.3 cm³/mol. The first-order valence-electron chi connectivity index (χ1n) is 6.47. The Morgan fingerprint density at radius 2 is 2.16 bits per heavy atom. The van der Waals surface area contributed by atoms with Crippen LogP contribution in [0.2, 0.25) is 5.02 Å². The highest BCUT2D eigenvalue weighted by Gasteiger charge is 2.25. The van der Waals surface area contributed by atoms with E-state index in [0.717, 1.165) is 31.0 Å². The van der Waals surface area contributed by atoms with E-state index < -0.39 is 0 Å². The number of hydrogen-bond donors (Lipinski definition) is 1. The van der Waals surface area contributed by atoms with Gasteiger partial charge in [-0.3, -0.25) is 4.90 Å². The van der Waals surface area contributed by atoms with Crippen LogP contribution in [0.15, 0.2) is 18.2 Å². The van der Waals surface area contributed by atoms with Gasteiger partial charge in [-0.2, -0.15) is 0 Å². The first-order valence-corrected chi connectivity index (χ1v) is 6.85. The SMILES string of the molecule is CC1CCN(Cc2cc(F)cc(Cl)c2)C(CN)C1.Cl. The minimum absolute atomic E-state index is 0. The lowest BCUT2D eigenvalue weighted by atomic mass is 9.92. The quantitative estimate of drug-likeness (QED) is 0.926. The highest BCUT2D eigenvalue weighted by Crippen LogP contribution is 2.24. The first-order chi connectivity index (χ1) is 8.58. The molecule has 0 aliphatic carbocycles. The number of rotatable bonds is 3. The number of hydrogen-bond acceptors (Lipinski definition) is 2. The molecule has 1 heterocycles. The van der Waals surface area contributed by atoms with Crippen molar-refractivity contribution in [3.63, 3.8) is 0 Å². The molecule has 1 saturated heterocycles. The molecule has 0 radical (unpaired) electrons. The molecule has 108 valence electrons. The summed E-state index contributed by atoms with van der Waals surface area (Å²) in [6.07, 6.45) is 2.30. The molecule has 0 bridgehead atoms. The van der Waals surface area contributed by atoms with E-state index in [1.807, 2.05) is 6.07 Å². The number of halogens is 3. The van der Waals surface area contributed by atoms with Gasteiger partial charge in [0.2, 0.25) is 0 Å². The molecule has 2 N–H and O–H groups in total. The largest absolute Gasteiger partial charge is 0.329 e. The van der Waals surface area contributed by atoms with Gasteiger partial charge in [0.1, 0.15) is 5.82 Å². The van der Waals surface area contributed by atoms with E-state index in [-0.39, 0.29) is 18.2 Å². The Labute approximate surface area is 125 Å². The lowest BCUT2D eigenvalue weighted by Crippen LogP contribution is -2.45. The number of likely N-dealkylation sites (tertiary alicyclic amines) is 1. The summed E-state index contributed by atoms with van der Waals surface area (Å²) in [7, 11) is 0. The minimum Gasteiger partial charge on any atom is -0.329 e. The number of nitrogens with zero attached hydrogens (tertiary/aromatic N) is 1. The van der Waals surface area contributed by atoms with Crippen LogP contribution in [0.1, 0.15) is 25.3 Å². The summed E-state index contributed by atoms with van der Waals surface area (Å²) >= 11 is 5.88. The molecule has 2 atom stereocenters. The average molecular weight is 307 g/mol. The van der Waals surface area contributed by atoms with Crippen LogP contribution in [0.4, 0.5) is 4.39 Å². The molecule has 2 unspecified atom stereocenters. The van der Waals surface area contributed by atoms with Crippen molar-refractivity contribution in [2.24, 2.45) is 11.7 Å². The maximum absolute atomic E-state index is 13.3. The molecule has 0 amide bonds. The third kappa shape index (κ3) is 4.60. The summed E-state index contributed by atoms with van der Waals surface area (Å²) in [6.45, 7) is 4.68. The standard InChI is InChI=1S/C14H20ClFN2.ClH/c1-10-2-3-18(14(4-10)8-17)9-11-5-12(15)7-13(16)6-11;/h5-7,10,14H,2-4,8-9,17H2,1H3;1H. The maximum Gasteiger partial charge on any atom is 0.125 e. The third-order valence-corrected chi connectivity index (χ3v) is 3.90. The van der Waals surface area contributed by atoms with Gasteiger partial charge in [-0.15, -0.1) is 12.4 Å². The molecule has 0 spiro atoms. The molecule has 0 saturated carbocycles. The predicted octanol–water partition coefficient (Wildman–Crippen LogP) is 3.46.